The molecule has 204 valence electrons. The average molecular weight is 557 g/mol. The Labute approximate surface area is 239 Å². The van der Waals surface area contributed by atoms with E-state index in [4.69, 9.17) is 6.42 Å². The van der Waals surface area contributed by atoms with E-state index in [9.17, 15) is 30.3 Å². The van der Waals surface area contributed by atoms with Crippen molar-refractivity contribution in [1.82, 2.24) is 0 Å². The Balaban J connectivity index is 1.85. The summed E-state index contributed by atoms with van der Waals surface area (Å²) in [5.41, 5.74) is 2.50. The molecule has 5 aromatic rings. The molecule has 0 aliphatic carbocycles. The van der Waals surface area contributed by atoms with E-state index in [1.54, 1.807) is 0 Å². The van der Waals surface area contributed by atoms with E-state index < -0.39 is 37.5 Å². The number of anilines is 2. The highest BCUT2D eigenvalue weighted by molar-refractivity contribution is 5.98. The first-order valence-electron chi connectivity index (χ1n) is 12.5. The molecule has 0 aliphatic heterocycles. The Morgan fingerprint density at radius 3 is 1.43 bits per heavy atom. The zero-order valence-electron chi connectivity index (χ0n) is 21.8. The number of benzene rings is 5. The molecule has 0 aliphatic rings. The van der Waals surface area contributed by atoms with E-state index in [1.165, 1.54) is 0 Å². The minimum Gasteiger partial charge on any atom is -0.343 e. The SMILES string of the molecule is C#Cc1ccc(-c2cc(-c3ccccc3)c(Nc3c([N+](=O)[O-])cc([N+](=O)[O-])cc3[N+](=O)[O-])c(-c3ccccc3)c2)cc1. The molecule has 0 unspecified atom stereocenters. The van der Waals surface area contributed by atoms with Crippen molar-refractivity contribution < 1.29 is 14.8 Å². The second kappa shape index (κ2) is 11.4. The quantitative estimate of drug-likeness (QED) is 0.115. The van der Waals surface area contributed by atoms with Gasteiger partial charge in [-0.25, -0.2) is 0 Å². The number of nitro groups is 3. The molecule has 0 saturated carbocycles. The molecule has 0 atom stereocenters. The summed E-state index contributed by atoms with van der Waals surface area (Å²) in [6.07, 6.45) is 5.53. The third-order valence-corrected chi connectivity index (χ3v) is 6.63. The predicted octanol–water partition coefficient (Wildman–Crippen LogP) is 8.14. The van der Waals surface area contributed by atoms with E-state index in [0.717, 1.165) is 22.3 Å². The Morgan fingerprint density at radius 1 is 0.548 bits per heavy atom. The molecule has 0 saturated heterocycles. The summed E-state index contributed by atoms with van der Waals surface area (Å²) in [7, 11) is 0. The first-order valence-corrected chi connectivity index (χ1v) is 12.5. The highest BCUT2D eigenvalue weighted by atomic mass is 16.6. The molecule has 1 N–H and O–H groups in total. The fourth-order valence-corrected chi connectivity index (χ4v) is 4.64. The molecule has 5 aromatic carbocycles. The molecular formula is C32H20N4O6. The van der Waals surface area contributed by atoms with Crippen LogP contribution in [0.1, 0.15) is 5.56 Å². The molecule has 0 aromatic heterocycles. The standard InChI is InChI=1S/C32H20N4O6/c1-2-21-13-15-22(16-14-21)25-17-27(23-9-5-3-6-10-23)31(28(18-25)24-11-7-4-8-12-24)33-32-29(35(39)40)19-26(34(37)38)20-30(32)36(41)42/h1,3-20,33H. The van der Waals surface area contributed by atoms with Gasteiger partial charge in [-0.15, -0.1) is 6.42 Å². The van der Waals surface area contributed by atoms with Crippen molar-refractivity contribution in [3.05, 3.63) is 145 Å². The van der Waals surface area contributed by atoms with Crippen molar-refractivity contribution in [2.24, 2.45) is 0 Å². The molecule has 10 nitrogen and oxygen atoms in total. The molecule has 42 heavy (non-hydrogen) atoms. The van der Waals surface area contributed by atoms with Crippen LogP contribution in [0.4, 0.5) is 28.4 Å². The summed E-state index contributed by atoms with van der Waals surface area (Å²) in [6, 6.07) is 30.9. The lowest BCUT2D eigenvalue weighted by molar-refractivity contribution is -0.401. The first-order chi connectivity index (χ1) is 20.3. The van der Waals surface area contributed by atoms with Gasteiger partial charge >= 0.3 is 11.4 Å². The molecule has 0 bridgehead atoms. The van der Waals surface area contributed by atoms with Crippen molar-refractivity contribution in [3.8, 4) is 45.7 Å². The maximum absolute atomic E-state index is 12.1. The van der Waals surface area contributed by atoms with Crippen LogP contribution in [0.15, 0.2) is 109 Å². The van der Waals surface area contributed by atoms with Gasteiger partial charge in [0.05, 0.1) is 32.6 Å². The summed E-state index contributed by atoms with van der Waals surface area (Å²) in [5.74, 6) is 2.59. The van der Waals surface area contributed by atoms with Crippen molar-refractivity contribution in [2.75, 3.05) is 5.32 Å². The zero-order valence-corrected chi connectivity index (χ0v) is 21.8. The topological polar surface area (TPSA) is 141 Å². The van der Waals surface area contributed by atoms with Crippen molar-refractivity contribution >= 4 is 28.4 Å². The van der Waals surface area contributed by atoms with Gasteiger partial charge in [-0.05, 0) is 46.5 Å². The largest absolute Gasteiger partial charge is 0.343 e. The smallest absolute Gasteiger partial charge is 0.306 e. The normalized spacial score (nSPS) is 10.5. The number of nitrogens with one attached hydrogen (secondary N) is 1. The third-order valence-electron chi connectivity index (χ3n) is 6.63. The summed E-state index contributed by atoms with van der Waals surface area (Å²) in [4.78, 5) is 32.9. The zero-order chi connectivity index (χ0) is 29.8. The summed E-state index contributed by atoms with van der Waals surface area (Å²) in [5, 5.41) is 38.5. The average Bonchev–Trinajstić information content (AvgIpc) is 3.01. The van der Waals surface area contributed by atoms with Crippen LogP contribution in [-0.2, 0) is 0 Å². The van der Waals surface area contributed by atoms with Crippen LogP contribution in [-0.4, -0.2) is 14.8 Å². The van der Waals surface area contributed by atoms with Crippen LogP contribution in [0.5, 0.6) is 0 Å². The molecule has 0 spiro atoms. The third kappa shape index (κ3) is 5.38. The fraction of sp³-hybridized carbons (Fsp3) is 0. The van der Waals surface area contributed by atoms with Gasteiger partial charge in [0, 0.05) is 16.7 Å². The minimum atomic E-state index is -0.908. The fourth-order valence-electron chi connectivity index (χ4n) is 4.64. The van der Waals surface area contributed by atoms with Gasteiger partial charge < -0.3 is 5.32 Å². The Morgan fingerprint density at radius 2 is 1.02 bits per heavy atom. The maximum atomic E-state index is 12.1. The predicted molar refractivity (Wildman–Crippen MR) is 160 cm³/mol. The van der Waals surface area contributed by atoms with Gasteiger partial charge in [0.15, 0.2) is 5.69 Å². The van der Waals surface area contributed by atoms with Gasteiger partial charge in [0.25, 0.3) is 5.69 Å². The lowest BCUT2D eigenvalue weighted by atomic mass is 9.90. The van der Waals surface area contributed by atoms with E-state index in [1.807, 2.05) is 97.1 Å². The van der Waals surface area contributed by atoms with E-state index >= 15 is 0 Å². The summed E-state index contributed by atoms with van der Waals surface area (Å²) in [6.45, 7) is 0. The Hall–Kier alpha value is -6.34. The molecule has 0 heterocycles. The van der Waals surface area contributed by atoms with Crippen LogP contribution in [0.3, 0.4) is 0 Å². The van der Waals surface area contributed by atoms with Gasteiger partial charge in [-0.2, -0.15) is 0 Å². The summed E-state index contributed by atoms with van der Waals surface area (Å²) >= 11 is 0. The Bertz CT molecular complexity index is 1790. The first kappa shape index (κ1) is 27.2. The summed E-state index contributed by atoms with van der Waals surface area (Å²) < 4.78 is 0. The van der Waals surface area contributed by atoms with Crippen LogP contribution in [0.2, 0.25) is 0 Å². The number of non-ortho nitro benzene ring substituents is 1. The van der Waals surface area contributed by atoms with E-state index in [2.05, 4.69) is 11.2 Å². The monoisotopic (exact) mass is 556 g/mol. The van der Waals surface area contributed by atoms with Crippen molar-refractivity contribution in [2.45, 2.75) is 0 Å². The number of hydrogen-bond acceptors (Lipinski definition) is 7. The van der Waals surface area contributed by atoms with Crippen LogP contribution in [0, 0.1) is 42.7 Å². The number of hydrogen-bond donors (Lipinski definition) is 1. The van der Waals surface area contributed by atoms with Crippen LogP contribution < -0.4 is 5.32 Å². The second-order valence-electron chi connectivity index (χ2n) is 9.16. The molecule has 0 amide bonds. The minimum absolute atomic E-state index is 0.344. The number of nitrogens with zero attached hydrogens (tertiary/aromatic N) is 3. The van der Waals surface area contributed by atoms with Gasteiger partial charge in [0.1, 0.15) is 0 Å². The van der Waals surface area contributed by atoms with Crippen molar-refractivity contribution in [1.29, 1.82) is 0 Å². The van der Waals surface area contributed by atoms with Gasteiger partial charge in [0.2, 0.25) is 0 Å². The van der Waals surface area contributed by atoms with Crippen LogP contribution in [0.25, 0.3) is 33.4 Å². The van der Waals surface area contributed by atoms with Crippen molar-refractivity contribution in [3.63, 3.8) is 0 Å². The van der Waals surface area contributed by atoms with E-state index in [0.29, 0.717) is 34.5 Å². The van der Waals surface area contributed by atoms with Crippen LogP contribution >= 0.6 is 0 Å². The van der Waals surface area contributed by atoms with Gasteiger partial charge in [-0.3, -0.25) is 30.3 Å². The van der Waals surface area contributed by atoms with E-state index in [-0.39, 0.29) is 0 Å². The highest BCUT2D eigenvalue weighted by Crippen LogP contribution is 2.46. The number of rotatable bonds is 8. The molecule has 0 fully saturated rings. The molecule has 0 radical (unpaired) electrons. The number of nitro benzene ring substituents is 3. The second-order valence-corrected chi connectivity index (χ2v) is 9.16. The lowest BCUT2D eigenvalue weighted by Gasteiger charge is -2.20. The Kier molecular flexibility index (Phi) is 7.40. The molecule has 5 rings (SSSR count). The lowest BCUT2D eigenvalue weighted by Crippen LogP contribution is -2.05. The number of terminal acetylenes is 1. The maximum Gasteiger partial charge on any atom is 0.306 e. The molecular weight excluding hydrogens is 536 g/mol. The van der Waals surface area contributed by atoms with Gasteiger partial charge in [-0.1, -0.05) is 78.7 Å². The highest BCUT2D eigenvalue weighted by Gasteiger charge is 2.32. The molecule has 10 heteroatoms.